The minimum absolute atomic E-state index is 0.158. The fraction of sp³-hybridized carbons (Fsp3) is 0.154. The molecule has 98 valence electrons. The van der Waals surface area contributed by atoms with Gasteiger partial charge in [-0.25, -0.2) is 9.78 Å². The number of nitrogens with zero attached hydrogens (tertiary/aromatic N) is 1. The molecule has 0 saturated carbocycles. The average Bonchev–Trinajstić information content (AvgIpc) is 2.84. The average molecular weight is 277 g/mol. The van der Waals surface area contributed by atoms with Gasteiger partial charge in [-0.05, 0) is 12.1 Å². The molecule has 2 rings (SSSR count). The van der Waals surface area contributed by atoms with Gasteiger partial charge in [0.05, 0.1) is 7.11 Å². The zero-order valence-electron chi connectivity index (χ0n) is 10.3. The number of hydrogen-bond acceptors (Lipinski definition) is 5. The Kier molecular flexibility index (Phi) is 3.62. The van der Waals surface area contributed by atoms with Crippen LogP contribution < -0.4 is 4.74 Å². The Labute approximate surface area is 113 Å². The minimum atomic E-state index is -1.20. The highest BCUT2D eigenvalue weighted by Gasteiger charge is 2.21. The van der Waals surface area contributed by atoms with Gasteiger partial charge in [0.15, 0.2) is 11.5 Å². The first kappa shape index (κ1) is 13.2. The molecule has 6 heteroatoms. The van der Waals surface area contributed by atoms with E-state index in [1.165, 1.54) is 6.92 Å². The number of carbonyl (C=O) groups is 2. The van der Waals surface area contributed by atoms with Gasteiger partial charge in [0.1, 0.15) is 15.6 Å². The van der Waals surface area contributed by atoms with Crippen molar-refractivity contribution in [3.8, 4) is 16.3 Å². The van der Waals surface area contributed by atoms with Gasteiger partial charge in [-0.3, -0.25) is 4.79 Å². The number of aromatic nitrogens is 1. The third-order valence-corrected chi connectivity index (χ3v) is 3.67. The first-order valence-corrected chi connectivity index (χ1v) is 6.24. The normalized spacial score (nSPS) is 10.2. The van der Waals surface area contributed by atoms with Gasteiger partial charge in [-0.1, -0.05) is 12.1 Å². The van der Waals surface area contributed by atoms with Gasteiger partial charge in [0.2, 0.25) is 0 Å². The van der Waals surface area contributed by atoms with Crippen LogP contribution in [0.15, 0.2) is 24.3 Å². The van der Waals surface area contributed by atoms with Gasteiger partial charge in [0, 0.05) is 12.5 Å². The molecule has 1 N–H and O–H groups in total. The van der Waals surface area contributed by atoms with Crippen LogP contribution in [0.4, 0.5) is 0 Å². The second kappa shape index (κ2) is 5.19. The number of thiazole rings is 1. The van der Waals surface area contributed by atoms with E-state index in [0.717, 1.165) is 16.9 Å². The Morgan fingerprint density at radius 1 is 1.37 bits per heavy atom. The fourth-order valence-corrected chi connectivity index (χ4v) is 2.53. The molecule has 0 atom stereocenters. The minimum Gasteiger partial charge on any atom is -0.497 e. The van der Waals surface area contributed by atoms with Crippen molar-refractivity contribution < 1.29 is 19.4 Å². The number of ether oxygens (including phenoxy) is 1. The molecule has 1 aromatic carbocycles. The van der Waals surface area contributed by atoms with Crippen LogP contribution in [-0.2, 0) is 0 Å². The molecule has 0 radical (unpaired) electrons. The molecule has 19 heavy (non-hydrogen) atoms. The standard InChI is InChI=1S/C13H11NO4S/c1-7(15)11-10(13(16)17)14-12(19-11)8-4-3-5-9(6-8)18-2/h3-6H,1-2H3,(H,16,17). The Morgan fingerprint density at radius 3 is 2.63 bits per heavy atom. The number of aromatic carboxylic acids is 1. The summed E-state index contributed by atoms with van der Waals surface area (Å²) in [7, 11) is 1.55. The van der Waals surface area contributed by atoms with Gasteiger partial charge < -0.3 is 9.84 Å². The molecule has 0 fully saturated rings. The number of Topliss-reactive ketones (excluding diaryl/α,β-unsaturated/α-hetero) is 1. The molecule has 0 saturated heterocycles. The Morgan fingerprint density at radius 2 is 2.11 bits per heavy atom. The maximum absolute atomic E-state index is 11.4. The number of carboxylic acid groups (broad SMARTS) is 1. The van der Waals surface area contributed by atoms with E-state index in [2.05, 4.69) is 4.98 Å². The molecule has 0 spiro atoms. The summed E-state index contributed by atoms with van der Waals surface area (Å²) in [6.07, 6.45) is 0. The lowest BCUT2D eigenvalue weighted by Gasteiger charge is -2.00. The van der Waals surface area contributed by atoms with Crippen molar-refractivity contribution in [1.29, 1.82) is 0 Å². The summed E-state index contributed by atoms with van der Waals surface area (Å²) in [5, 5.41) is 9.53. The van der Waals surface area contributed by atoms with E-state index in [4.69, 9.17) is 9.84 Å². The van der Waals surface area contributed by atoms with Crippen molar-refractivity contribution in [2.45, 2.75) is 6.92 Å². The third-order valence-electron chi connectivity index (χ3n) is 2.47. The smallest absolute Gasteiger partial charge is 0.356 e. The van der Waals surface area contributed by atoms with Crippen LogP contribution >= 0.6 is 11.3 Å². The van der Waals surface area contributed by atoms with E-state index in [1.54, 1.807) is 31.4 Å². The van der Waals surface area contributed by atoms with Gasteiger partial charge in [-0.15, -0.1) is 11.3 Å². The molecule has 5 nitrogen and oxygen atoms in total. The predicted octanol–water partition coefficient (Wildman–Crippen LogP) is 2.72. The van der Waals surface area contributed by atoms with Crippen molar-refractivity contribution in [3.05, 3.63) is 34.8 Å². The van der Waals surface area contributed by atoms with Crippen LogP contribution in [-0.4, -0.2) is 29.0 Å². The summed E-state index contributed by atoms with van der Waals surface area (Å²) in [6, 6.07) is 7.09. The summed E-state index contributed by atoms with van der Waals surface area (Å²) in [4.78, 5) is 26.7. The molecule has 1 heterocycles. The van der Waals surface area contributed by atoms with E-state index in [1.807, 2.05) is 0 Å². The Hall–Kier alpha value is -2.21. The van der Waals surface area contributed by atoms with Crippen LogP contribution in [0.1, 0.15) is 27.1 Å². The second-order valence-corrected chi connectivity index (χ2v) is 4.79. The molecular formula is C13H11NO4S. The SMILES string of the molecule is COc1cccc(-c2nc(C(=O)O)c(C(C)=O)s2)c1. The Bertz CT molecular complexity index is 616. The number of hydrogen-bond donors (Lipinski definition) is 1. The predicted molar refractivity (Wildman–Crippen MR) is 71.1 cm³/mol. The lowest BCUT2D eigenvalue weighted by Crippen LogP contribution is -2.03. The van der Waals surface area contributed by atoms with E-state index in [9.17, 15) is 9.59 Å². The zero-order chi connectivity index (χ0) is 14.0. The number of methoxy groups -OCH3 is 1. The van der Waals surface area contributed by atoms with Crippen molar-refractivity contribution in [2.24, 2.45) is 0 Å². The number of carbonyl (C=O) groups excluding carboxylic acids is 1. The van der Waals surface area contributed by atoms with Gasteiger partial charge in [-0.2, -0.15) is 0 Å². The van der Waals surface area contributed by atoms with Crippen LogP contribution in [0.5, 0.6) is 5.75 Å². The molecule has 0 aliphatic rings. The first-order valence-electron chi connectivity index (χ1n) is 5.42. The van der Waals surface area contributed by atoms with E-state index in [-0.39, 0.29) is 16.4 Å². The van der Waals surface area contributed by atoms with Crippen LogP contribution in [0, 0.1) is 0 Å². The third kappa shape index (κ3) is 2.63. The number of ketones is 1. The topological polar surface area (TPSA) is 76.5 Å². The highest BCUT2D eigenvalue weighted by molar-refractivity contribution is 7.17. The molecule has 0 aliphatic heterocycles. The molecular weight excluding hydrogens is 266 g/mol. The van der Waals surface area contributed by atoms with Gasteiger partial charge in [0.25, 0.3) is 0 Å². The molecule has 2 aromatic rings. The molecule has 0 amide bonds. The largest absolute Gasteiger partial charge is 0.497 e. The van der Waals surface area contributed by atoms with Crippen molar-refractivity contribution >= 4 is 23.1 Å². The van der Waals surface area contributed by atoms with Crippen molar-refractivity contribution in [3.63, 3.8) is 0 Å². The first-order chi connectivity index (χ1) is 9.02. The maximum atomic E-state index is 11.4. The molecule has 0 aliphatic carbocycles. The lowest BCUT2D eigenvalue weighted by molar-refractivity contribution is 0.0687. The van der Waals surface area contributed by atoms with Crippen LogP contribution in [0.3, 0.4) is 0 Å². The zero-order valence-corrected chi connectivity index (χ0v) is 11.2. The summed E-state index contributed by atoms with van der Waals surface area (Å²) >= 11 is 1.07. The quantitative estimate of drug-likeness (QED) is 0.869. The second-order valence-electron chi connectivity index (χ2n) is 3.79. The van der Waals surface area contributed by atoms with E-state index >= 15 is 0 Å². The molecule has 0 unspecified atom stereocenters. The highest BCUT2D eigenvalue weighted by atomic mass is 32.1. The number of rotatable bonds is 4. The van der Waals surface area contributed by atoms with Gasteiger partial charge >= 0.3 is 5.97 Å². The van der Waals surface area contributed by atoms with E-state index in [0.29, 0.717) is 10.8 Å². The monoisotopic (exact) mass is 277 g/mol. The fourth-order valence-electron chi connectivity index (χ4n) is 1.58. The summed E-state index contributed by atoms with van der Waals surface area (Å²) in [5.41, 5.74) is 0.523. The summed E-state index contributed by atoms with van der Waals surface area (Å²) in [6.45, 7) is 1.33. The molecule has 1 aromatic heterocycles. The lowest BCUT2D eigenvalue weighted by atomic mass is 10.2. The maximum Gasteiger partial charge on any atom is 0.356 e. The number of carboxylic acids is 1. The highest BCUT2D eigenvalue weighted by Crippen LogP contribution is 2.30. The van der Waals surface area contributed by atoms with Crippen molar-refractivity contribution in [1.82, 2.24) is 4.98 Å². The Balaban J connectivity index is 2.53. The van der Waals surface area contributed by atoms with Crippen LogP contribution in [0.25, 0.3) is 10.6 Å². The van der Waals surface area contributed by atoms with Crippen molar-refractivity contribution in [2.75, 3.05) is 7.11 Å². The van der Waals surface area contributed by atoms with Crippen LogP contribution in [0.2, 0.25) is 0 Å². The molecule has 0 bridgehead atoms. The summed E-state index contributed by atoms with van der Waals surface area (Å²) in [5.74, 6) is -0.853. The number of benzene rings is 1. The summed E-state index contributed by atoms with van der Waals surface area (Å²) < 4.78 is 5.10. The van der Waals surface area contributed by atoms with E-state index < -0.39 is 5.97 Å².